The minimum atomic E-state index is -4.10. The van der Waals surface area contributed by atoms with Crippen LogP contribution in [0.5, 0.6) is 0 Å². The topological polar surface area (TPSA) is 78.1 Å². The minimum Gasteiger partial charge on any atom is -0.268 e. The SMILES string of the molecule is Cc1ccc(S(=O)(=O)n2ccn(C(=O)c3ccc(C(C)(C)C)cc3)c2=O)cc1C. The predicted molar refractivity (Wildman–Crippen MR) is 112 cm³/mol. The van der Waals surface area contributed by atoms with Crippen molar-refractivity contribution in [3.05, 3.63) is 87.6 Å². The summed E-state index contributed by atoms with van der Waals surface area (Å²) in [5, 5.41) is 0. The first-order valence-corrected chi connectivity index (χ1v) is 10.6. The molecule has 0 saturated carbocycles. The second-order valence-electron chi connectivity index (χ2n) is 8.13. The van der Waals surface area contributed by atoms with Gasteiger partial charge >= 0.3 is 5.69 Å². The minimum absolute atomic E-state index is 0.00225. The zero-order valence-corrected chi connectivity index (χ0v) is 17.9. The lowest BCUT2D eigenvalue weighted by Crippen LogP contribution is -2.32. The molecular weight excluding hydrogens is 388 g/mol. The van der Waals surface area contributed by atoms with E-state index in [0.29, 0.717) is 9.54 Å². The number of imidazole rings is 1. The van der Waals surface area contributed by atoms with E-state index >= 15 is 0 Å². The molecule has 0 atom stereocenters. The van der Waals surface area contributed by atoms with Crippen LogP contribution >= 0.6 is 0 Å². The van der Waals surface area contributed by atoms with E-state index in [2.05, 4.69) is 20.8 Å². The van der Waals surface area contributed by atoms with Gasteiger partial charge in [-0.25, -0.2) is 17.8 Å². The summed E-state index contributed by atoms with van der Waals surface area (Å²) in [6.07, 6.45) is 2.29. The van der Waals surface area contributed by atoms with Crippen molar-refractivity contribution >= 4 is 15.9 Å². The monoisotopic (exact) mass is 412 g/mol. The molecule has 1 aromatic heterocycles. The fourth-order valence-electron chi connectivity index (χ4n) is 2.94. The Kier molecular flexibility index (Phi) is 5.13. The Morgan fingerprint density at radius 2 is 1.52 bits per heavy atom. The molecular formula is C22H24N2O4S. The van der Waals surface area contributed by atoms with Crippen LogP contribution in [-0.2, 0) is 15.4 Å². The number of benzene rings is 2. The maximum Gasteiger partial charge on any atom is 0.349 e. The lowest BCUT2D eigenvalue weighted by Gasteiger charge is -2.18. The molecule has 0 aliphatic carbocycles. The molecule has 152 valence electrons. The largest absolute Gasteiger partial charge is 0.349 e. The van der Waals surface area contributed by atoms with Crippen LogP contribution < -0.4 is 5.69 Å². The molecule has 0 amide bonds. The zero-order valence-electron chi connectivity index (χ0n) is 17.1. The van der Waals surface area contributed by atoms with Gasteiger partial charge in [0, 0.05) is 18.0 Å². The van der Waals surface area contributed by atoms with Crippen LogP contribution in [-0.4, -0.2) is 22.9 Å². The first-order chi connectivity index (χ1) is 13.4. The number of nitrogens with zero attached hydrogens (tertiary/aromatic N) is 2. The number of carbonyl (C=O) groups excluding carboxylic acids is 1. The Morgan fingerprint density at radius 3 is 2.07 bits per heavy atom. The van der Waals surface area contributed by atoms with Crippen LogP contribution in [0.2, 0.25) is 0 Å². The third kappa shape index (κ3) is 3.82. The van der Waals surface area contributed by atoms with E-state index in [-0.39, 0.29) is 10.3 Å². The van der Waals surface area contributed by atoms with Gasteiger partial charge in [0.2, 0.25) is 0 Å². The van der Waals surface area contributed by atoms with E-state index in [1.807, 2.05) is 19.1 Å². The molecule has 0 aliphatic heterocycles. The molecule has 0 N–H and O–H groups in total. The number of aromatic nitrogens is 2. The number of carbonyl (C=O) groups is 1. The Labute approximate surface area is 170 Å². The van der Waals surface area contributed by atoms with Crippen LogP contribution in [0.3, 0.4) is 0 Å². The highest BCUT2D eigenvalue weighted by Crippen LogP contribution is 2.22. The van der Waals surface area contributed by atoms with Gasteiger partial charge in [0.15, 0.2) is 0 Å². The first kappa shape index (κ1) is 20.8. The van der Waals surface area contributed by atoms with Gasteiger partial charge < -0.3 is 0 Å². The molecule has 3 aromatic rings. The average molecular weight is 413 g/mol. The van der Waals surface area contributed by atoms with E-state index in [1.54, 1.807) is 25.1 Å². The fraction of sp³-hybridized carbons (Fsp3) is 0.273. The summed E-state index contributed by atoms with van der Waals surface area (Å²) in [6.45, 7) is 9.86. The molecule has 0 bridgehead atoms. The lowest BCUT2D eigenvalue weighted by molar-refractivity contribution is 0.0956. The van der Waals surface area contributed by atoms with Crippen molar-refractivity contribution in [2.45, 2.75) is 44.9 Å². The van der Waals surface area contributed by atoms with Crippen molar-refractivity contribution in [2.24, 2.45) is 0 Å². The Morgan fingerprint density at radius 1 is 0.897 bits per heavy atom. The van der Waals surface area contributed by atoms with Crippen molar-refractivity contribution in [1.29, 1.82) is 0 Å². The number of aryl methyl sites for hydroxylation is 2. The van der Waals surface area contributed by atoms with Gasteiger partial charge in [-0.3, -0.25) is 4.79 Å². The van der Waals surface area contributed by atoms with Gasteiger partial charge in [-0.2, -0.15) is 3.97 Å². The zero-order chi connectivity index (χ0) is 21.6. The summed E-state index contributed by atoms with van der Waals surface area (Å²) in [5.41, 5.74) is 2.12. The molecule has 1 heterocycles. The second kappa shape index (κ2) is 7.15. The summed E-state index contributed by atoms with van der Waals surface area (Å²) < 4.78 is 27.2. The highest BCUT2D eigenvalue weighted by atomic mass is 32.2. The van der Waals surface area contributed by atoms with Crippen molar-refractivity contribution in [1.82, 2.24) is 8.54 Å². The van der Waals surface area contributed by atoms with E-state index in [1.165, 1.54) is 18.3 Å². The summed E-state index contributed by atoms with van der Waals surface area (Å²) in [6, 6.07) is 11.6. The number of hydrogen-bond acceptors (Lipinski definition) is 4. The summed E-state index contributed by atoms with van der Waals surface area (Å²) in [4.78, 5) is 25.5. The fourth-order valence-corrected chi connectivity index (χ4v) is 4.24. The quantitative estimate of drug-likeness (QED) is 0.660. The van der Waals surface area contributed by atoms with Crippen LogP contribution in [0.4, 0.5) is 0 Å². The van der Waals surface area contributed by atoms with E-state index in [4.69, 9.17) is 0 Å². The third-order valence-electron chi connectivity index (χ3n) is 5.00. The van der Waals surface area contributed by atoms with E-state index < -0.39 is 21.6 Å². The molecule has 29 heavy (non-hydrogen) atoms. The Bertz CT molecular complexity index is 1240. The average Bonchev–Trinajstić information content (AvgIpc) is 3.05. The molecule has 0 fully saturated rings. The van der Waals surface area contributed by atoms with Crippen LogP contribution in [0, 0.1) is 13.8 Å². The molecule has 3 rings (SSSR count). The standard InChI is InChI=1S/C22H24N2O4S/c1-15-6-11-19(14-16(15)2)29(27,28)24-13-12-23(21(24)26)20(25)17-7-9-18(10-8-17)22(3,4)5/h6-14H,1-5H3. The predicted octanol–water partition coefficient (Wildman–Crippen LogP) is 3.49. The van der Waals surface area contributed by atoms with Crippen LogP contribution in [0.15, 0.2) is 64.5 Å². The van der Waals surface area contributed by atoms with Crippen LogP contribution in [0.25, 0.3) is 0 Å². The third-order valence-corrected chi connectivity index (χ3v) is 6.64. The Balaban J connectivity index is 1.99. The van der Waals surface area contributed by atoms with E-state index in [9.17, 15) is 18.0 Å². The molecule has 0 unspecified atom stereocenters. The summed E-state index contributed by atoms with van der Waals surface area (Å²) in [7, 11) is -4.10. The normalized spacial score (nSPS) is 12.2. The van der Waals surface area contributed by atoms with Crippen molar-refractivity contribution in [2.75, 3.05) is 0 Å². The van der Waals surface area contributed by atoms with Crippen molar-refractivity contribution in [3.63, 3.8) is 0 Å². The van der Waals surface area contributed by atoms with Gasteiger partial charge in [0.05, 0.1) is 4.90 Å². The van der Waals surface area contributed by atoms with Gasteiger partial charge in [0.1, 0.15) is 0 Å². The molecule has 0 aliphatic rings. The van der Waals surface area contributed by atoms with Crippen molar-refractivity contribution < 1.29 is 13.2 Å². The highest BCUT2D eigenvalue weighted by molar-refractivity contribution is 7.90. The maximum atomic E-state index is 12.9. The molecule has 0 spiro atoms. The number of rotatable bonds is 3. The van der Waals surface area contributed by atoms with Crippen molar-refractivity contribution in [3.8, 4) is 0 Å². The van der Waals surface area contributed by atoms with Gasteiger partial charge in [0.25, 0.3) is 15.9 Å². The molecule has 7 heteroatoms. The van der Waals surface area contributed by atoms with Gasteiger partial charge in [-0.15, -0.1) is 0 Å². The maximum absolute atomic E-state index is 12.9. The molecule has 6 nitrogen and oxygen atoms in total. The second-order valence-corrected chi connectivity index (χ2v) is 9.95. The summed E-state index contributed by atoms with van der Waals surface area (Å²) >= 11 is 0. The highest BCUT2D eigenvalue weighted by Gasteiger charge is 2.23. The molecule has 0 saturated heterocycles. The van der Waals surface area contributed by atoms with Crippen LogP contribution in [0.1, 0.15) is 47.8 Å². The smallest absolute Gasteiger partial charge is 0.268 e. The Hall–Kier alpha value is -2.93. The number of hydrogen-bond donors (Lipinski definition) is 0. The van der Waals surface area contributed by atoms with Gasteiger partial charge in [-0.1, -0.05) is 39.0 Å². The molecule has 2 aromatic carbocycles. The summed E-state index contributed by atoms with van der Waals surface area (Å²) in [5.74, 6) is -0.579. The molecule has 0 radical (unpaired) electrons. The first-order valence-electron chi connectivity index (χ1n) is 9.21. The lowest BCUT2D eigenvalue weighted by atomic mass is 9.87. The van der Waals surface area contributed by atoms with E-state index in [0.717, 1.165) is 27.5 Å². The van der Waals surface area contributed by atoms with Gasteiger partial charge in [-0.05, 0) is 60.2 Å².